The summed E-state index contributed by atoms with van der Waals surface area (Å²) in [6.45, 7) is 2.03. The van der Waals surface area contributed by atoms with Crippen LogP contribution in [0.4, 0.5) is 5.69 Å². The maximum absolute atomic E-state index is 12.7. The quantitative estimate of drug-likeness (QED) is 0.704. The lowest BCUT2D eigenvalue weighted by Crippen LogP contribution is -2.50. The van der Waals surface area contributed by atoms with Crippen molar-refractivity contribution in [2.24, 2.45) is 0 Å². The molecule has 6 nitrogen and oxygen atoms in total. The summed E-state index contributed by atoms with van der Waals surface area (Å²) in [7, 11) is -3.48. The van der Waals surface area contributed by atoms with Gasteiger partial charge in [-0.1, -0.05) is 54.6 Å². The number of sulfonamides is 1. The molecule has 1 saturated heterocycles. The lowest BCUT2D eigenvalue weighted by atomic mass is 10.1. The molecule has 1 aliphatic rings. The second kappa shape index (κ2) is 8.32. The highest BCUT2D eigenvalue weighted by Gasteiger charge is 2.28. The lowest BCUT2D eigenvalue weighted by Gasteiger charge is -2.33. The fraction of sp³-hybridized carbons (Fsp3) is 0.227. The van der Waals surface area contributed by atoms with Crippen molar-refractivity contribution in [3.05, 3.63) is 72.8 Å². The molecule has 4 rings (SSSR count). The van der Waals surface area contributed by atoms with Crippen LogP contribution >= 0.6 is 0 Å². The first-order chi connectivity index (χ1) is 14.0. The Morgan fingerprint density at radius 3 is 2.24 bits per heavy atom. The third-order valence-electron chi connectivity index (χ3n) is 5.14. The lowest BCUT2D eigenvalue weighted by molar-refractivity contribution is -0.117. The Morgan fingerprint density at radius 1 is 0.828 bits per heavy atom. The Labute approximate surface area is 170 Å². The summed E-state index contributed by atoms with van der Waals surface area (Å²) >= 11 is 0. The zero-order chi connectivity index (χ0) is 20.3. The van der Waals surface area contributed by atoms with E-state index in [9.17, 15) is 13.2 Å². The van der Waals surface area contributed by atoms with Crippen LogP contribution in [0.5, 0.6) is 0 Å². The monoisotopic (exact) mass is 409 g/mol. The molecule has 0 unspecified atom stereocenters. The molecule has 3 aromatic carbocycles. The van der Waals surface area contributed by atoms with Crippen molar-refractivity contribution in [3.63, 3.8) is 0 Å². The number of fused-ring (bicyclic) bond motifs is 1. The fourth-order valence-electron chi connectivity index (χ4n) is 3.60. The van der Waals surface area contributed by atoms with Crippen molar-refractivity contribution in [2.75, 3.05) is 38.0 Å². The predicted octanol–water partition coefficient (Wildman–Crippen LogP) is 2.78. The number of carbonyl (C=O) groups is 1. The minimum Gasteiger partial charge on any atom is -0.324 e. The fourth-order valence-corrected chi connectivity index (χ4v) is 5.04. The Bertz CT molecular complexity index is 1100. The number of anilines is 1. The van der Waals surface area contributed by atoms with Gasteiger partial charge < -0.3 is 5.32 Å². The molecule has 0 radical (unpaired) electrons. The van der Waals surface area contributed by atoms with Gasteiger partial charge in [0.25, 0.3) is 0 Å². The molecule has 3 aromatic rings. The minimum atomic E-state index is -3.48. The Hall–Kier alpha value is -2.74. The van der Waals surface area contributed by atoms with Gasteiger partial charge in [0.15, 0.2) is 0 Å². The number of carbonyl (C=O) groups excluding carboxylic acids is 1. The van der Waals surface area contributed by atoms with Gasteiger partial charge >= 0.3 is 0 Å². The van der Waals surface area contributed by atoms with Gasteiger partial charge in [0, 0.05) is 37.3 Å². The van der Waals surface area contributed by atoms with Gasteiger partial charge in [-0.15, -0.1) is 0 Å². The van der Waals surface area contributed by atoms with Crippen molar-refractivity contribution in [3.8, 4) is 0 Å². The Balaban J connectivity index is 1.35. The highest BCUT2D eigenvalue weighted by Crippen LogP contribution is 2.23. The van der Waals surface area contributed by atoms with Gasteiger partial charge in [0.1, 0.15) is 0 Å². The van der Waals surface area contributed by atoms with Crippen LogP contribution in [0.1, 0.15) is 0 Å². The van der Waals surface area contributed by atoms with E-state index < -0.39 is 10.0 Å². The van der Waals surface area contributed by atoms with Crippen molar-refractivity contribution in [2.45, 2.75) is 4.90 Å². The average Bonchev–Trinajstić information content (AvgIpc) is 2.75. The summed E-state index contributed by atoms with van der Waals surface area (Å²) in [5.41, 5.74) is 0.790. The van der Waals surface area contributed by atoms with Gasteiger partial charge in [0.2, 0.25) is 15.9 Å². The molecule has 0 bridgehead atoms. The number of benzene rings is 3. The molecule has 1 fully saturated rings. The maximum Gasteiger partial charge on any atom is 0.243 e. The van der Waals surface area contributed by atoms with E-state index in [1.165, 1.54) is 4.31 Å². The van der Waals surface area contributed by atoms with Crippen molar-refractivity contribution < 1.29 is 13.2 Å². The second-order valence-corrected chi connectivity index (χ2v) is 9.01. The molecule has 0 saturated carbocycles. The topological polar surface area (TPSA) is 69.7 Å². The molecule has 7 heteroatoms. The van der Waals surface area contributed by atoms with Crippen molar-refractivity contribution >= 4 is 32.4 Å². The third-order valence-corrected chi connectivity index (χ3v) is 7.06. The number of nitrogens with zero attached hydrogens (tertiary/aromatic N) is 2. The maximum atomic E-state index is 12.7. The summed E-state index contributed by atoms with van der Waals surface area (Å²) in [6.07, 6.45) is 0. The molecule has 0 aliphatic carbocycles. The SMILES string of the molecule is O=C(CN1CCN(S(=O)(=O)c2ccccc2)CC1)Nc1cccc2ccccc12. The molecule has 0 aromatic heterocycles. The van der Waals surface area contributed by atoms with Gasteiger partial charge in [0.05, 0.1) is 11.4 Å². The Kier molecular flexibility index (Phi) is 5.62. The summed E-state index contributed by atoms with van der Waals surface area (Å²) in [4.78, 5) is 14.8. The van der Waals surface area contributed by atoms with Crippen molar-refractivity contribution in [1.82, 2.24) is 9.21 Å². The van der Waals surface area contributed by atoms with E-state index in [1.807, 2.05) is 47.4 Å². The highest BCUT2D eigenvalue weighted by atomic mass is 32.2. The molecule has 150 valence electrons. The summed E-state index contributed by atoms with van der Waals surface area (Å²) < 4.78 is 26.9. The second-order valence-electron chi connectivity index (χ2n) is 7.07. The van der Waals surface area contributed by atoms with Gasteiger partial charge in [-0.25, -0.2) is 8.42 Å². The highest BCUT2D eigenvalue weighted by molar-refractivity contribution is 7.89. The van der Waals surface area contributed by atoms with E-state index in [1.54, 1.807) is 30.3 Å². The first-order valence-electron chi connectivity index (χ1n) is 9.59. The molecule has 0 spiro atoms. The van der Waals surface area contributed by atoms with E-state index in [-0.39, 0.29) is 12.5 Å². The summed E-state index contributed by atoms with van der Waals surface area (Å²) in [6, 6.07) is 22.2. The smallest absolute Gasteiger partial charge is 0.243 e. The zero-order valence-electron chi connectivity index (χ0n) is 16.0. The average molecular weight is 410 g/mol. The first-order valence-corrected chi connectivity index (χ1v) is 11.0. The van der Waals surface area contributed by atoms with Crippen molar-refractivity contribution in [1.29, 1.82) is 0 Å². The largest absolute Gasteiger partial charge is 0.324 e. The van der Waals surface area contributed by atoms with E-state index in [0.29, 0.717) is 31.1 Å². The molecule has 29 heavy (non-hydrogen) atoms. The molecule has 1 heterocycles. The molecule has 1 aliphatic heterocycles. The number of piperazine rings is 1. The van der Waals surface area contributed by atoms with Crippen LogP contribution in [0.15, 0.2) is 77.7 Å². The molecule has 1 N–H and O–H groups in total. The van der Waals surface area contributed by atoms with Gasteiger partial charge in [-0.05, 0) is 23.6 Å². The third kappa shape index (κ3) is 4.32. The van der Waals surface area contributed by atoms with E-state index >= 15 is 0 Å². The standard InChI is InChI=1S/C22H23N3O3S/c26-22(23-21-12-6-8-18-7-4-5-11-20(18)21)17-24-13-15-25(16-14-24)29(27,28)19-9-2-1-3-10-19/h1-12H,13-17H2,(H,23,26). The van der Waals surface area contributed by atoms with E-state index in [0.717, 1.165) is 16.5 Å². The van der Waals surface area contributed by atoms with Crippen LogP contribution in [-0.4, -0.2) is 56.3 Å². The minimum absolute atomic E-state index is 0.0966. The Morgan fingerprint density at radius 2 is 1.48 bits per heavy atom. The van der Waals surface area contributed by atoms with E-state index in [4.69, 9.17) is 0 Å². The summed E-state index contributed by atoms with van der Waals surface area (Å²) in [5.74, 6) is -0.0966. The van der Waals surface area contributed by atoms with Gasteiger partial charge in [-0.2, -0.15) is 4.31 Å². The number of amides is 1. The predicted molar refractivity (Wildman–Crippen MR) is 114 cm³/mol. The molecular formula is C22H23N3O3S. The first kappa shape index (κ1) is 19.6. The molecular weight excluding hydrogens is 386 g/mol. The number of rotatable bonds is 5. The normalized spacial score (nSPS) is 16.0. The van der Waals surface area contributed by atoms with Crippen LogP contribution in [0.25, 0.3) is 10.8 Å². The van der Waals surface area contributed by atoms with Crippen LogP contribution < -0.4 is 5.32 Å². The van der Waals surface area contributed by atoms with E-state index in [2.05, 4.69) is 5.32 Å². The molecule has 1 amide bonds. The number of hydrogen-bond acceptors (Lipinski definition) is 4. The van der Waals surface area contributed by atoms with Crippen LogP contribution in [0.2, 0.25) is 0 Å². The van der Waals surface area contributed by atoms with Crippen LogP contribution in [-0.2, 0) is 14.8 Å². The van der Waals surface area contributed by atoms with Gasteiger partial charge in [-0.3, -0.25) is 9.69 Å². The summed E-state index contributed by atoms with van der Waals surface area (Å²) in [5, 5.41) is 5.06. The van der Waals surface area contributed by atoms with Crippen LogP contribution in [0.3, 0.4) is 0 Å². The van der Waals surface area contributed by atoms with Crippen LogP contribution in [0, 0.1) is 0 Å². The molecule has 0 atom stereocenters. The zero-order valence-corrected chi connectivity index (χ0v) is 16.8. The number of hydrogen-bond donors (Lipinski definition) is 1. The number of nitrogens with one attached hydrogen (secondary N) is 1.